The second kappa shape index (κ2) is 5.91. The third-order valence-corrected chi connectivity index (χ3v) is 4.10. The summed E-state index contributed by atoms with van der Waals surface area (Å²) in [6.07, 6.45) is -0.797. The third-order valence-electron chi connectivity index (χ3n) is 4.10. The van der Waals surface area contributed by atoms with Gasteiger partial charge in [-0.05, 0) is 30.2 Å². The Morgan fingerprint density at radius 3 is 2.78 bits per heavy atom. The molecule has 0 saturated heterocycles. The lowest BCUT2D eigenvalue weighted by molar-refractivity contribution is 0.129. The van der Waals surface area contributed by atoms with Gasteiger partial charge in [0.1, 0.15) is 17.7 Å². The Morgan fingerprint density at radius 1 is 1.35 bits per heavy atom. The summed E-state index contributed by atoms with van der Waals surface area (Å²) in [6, 6.07) is 10.7. The van der Waals surface area contributed by atoms with Crippen LogP contribution in [0, 0.1) is 12.7 Å². The number of nitrogens with zero attached hydrogens (tertiary/aromatic N) is 1. The Morgan fingerprint density at radius 2 is 2.09 bits per heavy atom. The van der Waals surface area contributed by atoms with Gasteiger partial charge in [0.15, 0.2) is 0 Å². The zero-order chi connectivity index (χ0) is 16.6. The number of halogens is 1. The number of carbonyl (C=O) groups is 1. The molecule has 1 amide bonds. The lowest BCUT2D eigenvalue weighted by Crippen LogP contribution is -2.35. The van der Waals surface area contributed by atoms with Crippen LogP contribution in [-0.4, -0.2) is 35.8 Å². The van der Waals surface area contributed by atoms with E-state index in [9.17, 15) is 9.18 Å². The van der Waals surface area contributed by atoms with Gasteiger partial charge < -0.3 is 14.7 Å². The van der Waals surface area contributed by atoms with Gasteiger partial charge in [-0.2, -0.15) is 0 Å². The number of rotatable bonds is 3. The molecule has 1 heterocycles. The van der Waals surface area contributed by atoms with Crippen LogP contribution in [-0.2, 0) is 6.42 Å². The van der Waals surface area contributed by atoms with E-state index in [2.05, 4.69) is 0 Å². The molecule has 1 aliphatic heterocycles. The van der Waals surface area contributed by atoms with E-state index in [1.807, 2.05) is 31.2 Å². The molecule has 0 radical (unpaired) electrons. The highest BCUT2D eigenvalue weighted by atomic mass is 19.1. The standard InChI is InChI=1S/C18H18FNO3/c1-11-5-3-4-6-15(11)16-9-13(19)7-12-8-14(23-17(12)16)10-20(2)18(21)22/h3-7,9,14H,8,10H2,1-2H3,(H,21,22). The number of aryl methyl sites for hydroxylation is 1. The summed E-state index contributed by atoms with van der Waals surface area (Å²) < 4.78 is 19.9. The number of ether oxygens (including phenoxy) is 1. The highest BCUT2D eigenvalue weighted by Gasteiger charge is 2.29. The average Bonchev–Trinajstić information content (AvgIpc) is 2.89. The summed E-state index contributed by atoms with van der Waals surface area (Å²) >= 11 is 0. The molecule has 1 aliphatic rings. The van der Waals surface area contributed by atoms with Crippen molar-refractivity contribution in [2.75, 3.05) is 13.6 Å². The fraction of sp³-hybridized carbons (Fsp3) is 0.278. The van der Waals surface area contributed by atoms with Crippen LogP contribution in [0.15, 0.2) is 36.4 Å². The SMILES string of the molecule is Cc1ccccc1-c1cc(F)cc2c1OC(CN(C)C(=O)O)C2. The molecule has 0 fully saturated rings. The van der Waals surface area contributed by atoms with Crippen molar-refractivity contribution >= 4 is 6.09 Å². The van der Waals surface area contributed by atoms with Gasteiger partial charge in [0.05, 0.1) is 6.54 Å². The maximum Gasteiger partial charge on any atom is 0.407 e. The third kappa shape index (κ3) is 2.99. The predicted octanol–water partition coefficient (Wildman–Crippen LogP) is 3.71. The lowest BCUT2D eigenvalue weighted by atomic mass is 9.97. The first kappa shape index (κ1) is 15.3. The number of hydrogen-bond donors (Lipinski definition) is 1. The summed E-state index contributed by atoms with van der Waals surface area (Å²) in [4.78, 5) is 12.1. The number of amides is 1. The molecular weight excluding hydrogens is 297 g/mol. The van der Waals surface area contributed by atoms with Gasteiger partial charge in [0.2, 0.25) is 0 Å². The van der Waals surface area contributed by atoms with Crippen molar-refractivity contribution in [3.05, 3.63) is 53.3 Å². The Kier molecular flexibility index (Phi) is 3.94. The molecule has 0 saturated carbocycles. The van der Waals surface area contributed by atoms with E-state index in [-0.39, 0.29) is 18.5 Å². The first-order valence-corrected chi connectivity index (χ1v) is 7.45. The molecule has 2 aromatic rings. The second-order valence-electron chi connectivity index (χ2n) is 5.86. The van der Waals surface area contributed by atoms with E-state index in [1.165, 1.54) is 24.1 Å². The van der Waals surface area contributed by atoms with Crippen molar-refractivity contribution in [3.63, 3.8) is 0 Å². The summed E-state index contributed by atoms with van der Waals surface area (Å²) in [5.41, 5.74) is 3.47. The van der Waals surface area contributed by atoms with Gasteiger partial charge in [-0.15, -0.1) is 0 Å². The summed E-state index contributed by atoms with van der Waals surface area (Å²) in [5, 5.41) is 8.98. The van der Waals surface area contributed by atoms with E-state index in [0.717, 1.165) is 22.3 Å². The Bertz CT molecular complexity index is 760. The Balaban J connectivity index is 1.95. The minimum atomic E-state index is -1.00. The van der Waals surface area contributed by atoms with Crippen LogP contribution < -0.4 is 4.74 Å². The number of likely N-dealkylation sites (N-methyl/N-ethyl adjacent to an activating group) is 1. The van der Waals surface area contributed by atoms with Crippen molar-refractivity contribution in [1.82, 2.24) is 4.90 Å². The molecule has 0 aromatic heterocycles. The van der Waals surface area contributed by atoms with Crippen LogP contribution in [0.1, 0.15) is 11.1 Å². The smallest absolute Gasteiger partial charge is 0.407 e. The monoisotopic (exact) mass is 315 g/mol. The largest absolute Gasteiger partial charge is 0.487 e. The fourth-order valence-electron chi connectivity index (χ4n) is 2.96. The number of fused-ring (bicyclic) bond motifs is 1. The summed E-state index contributed by atoms with van der Waals surface area (Å²) in [7, 11) is 1.50. The molecule has 5 heteroatoms. The molecule has 1 atom stereocenters. The number of carboxylic acid groups (broad SMARTS) is 1. The van der Waals surface area contributed by atoms with Gasteiger partial charge in [0, 0.05) is 24.6 Å². The minimum Gasteiger partial charge on any atom is -0.487 e. The molecule has 4 nitrogen and oxygen atoms in total. The van der Waals surface area contributed by atoms with E-state index in [4.69, 9.17) is 9.84 Å². The van der Waals surface area contributed by atoms with Crippen LogP contribution in [0.2, 0.25) is 0 Å². The molecule has 120 valence electrons. The van der Waals surface area contributed by atoms with Crippen LogP contribution in [0.3, 0.4) is 0 Å². The van der Waals surface area contributed by atoms with Crippen LogP contribution in [0.4, 0.5) is 9.18 Å². The maximum atomic E-state index is 14.0. The fourth-order valence-corrected chi connectivity index (χ4v) is 2.96. The Hall–Kier alpha value is -2.56. The van der Waals surface area contributed by atoms with E-state index >= 15 is 0 Å². The lowest BCUT2D eigenvalue weighted by Gasteiger charge is -2.18. The van der Waals surface area contributed by atoms with Crippen LogP contribution in [0.5, 0.6) is 5.75 Å². The predicted molar refractivity (Wildman–Crippen MR) is 85.3 cm³/mol. The van der Waals surface area contributed by atoms with Gasteiger partial charge in [0.25, 0.3) is 0 Å². The van der Waals surface area contributed by atoms with Gasteiger partial charge in [-0.25, -0.2) is 9.18 Å². The molecule has 1 N–H and O–H groups in total. The molecule has 0 aliphatic carbocycles. The zero-order valence-corrected chi connectivity index (χ0v) is 13.0. The van der Waals surface area contributed by atoms with Crippen molar-refractivity contribution < 1.29 is 19.0 Å². The highest BCUT2D eigenvalue weighted by molar-refractivity contribution is 5.75. The van der Waals surface area contributed by atoms with E-state index in [0.29, 0.717) is 12.2 Å². The second-order valence-corrected chi connectivity index (χ2v) is 5.86. The van der Waals surface area contributed by atoms with Gasteiger partial charge >= 0.3 is 6.09 Å². The molecular formula is C18H18FNO3. The first-order valence-electron chi connectivity index (χ1n) is 7.45. The van der Waals surface area contributed by atoms with E-state index in [1.54, 1.807) is 0 Å². The van der Waals surface area contributed by atoms with Gasteiger partial charge in [-0.3, -0.25) is 0 Å². The minimum absolute atomic E-state index is 0.249. The molecule has 3 rings (SSSR count). The zero-order valence-electron chi connectivity index (χ0n) is 13.0. The van der Waals surface area contributed by atoms with Crippen LogP contribution >= 0.6 is 0 Å². The molecule has 1 unspecified atom stereocenters. The average molecular weight is 315 g/mol. The molecule has 0 spiro atoms. The van der Waals surface area contributed by atoms with Crippen molar-refractivity contribution in [3.8, 4) is 16.9 Å². The number of hydrogen-bond acceptors (Lipinski definition) is 2. The first-order chi connectivity index (χ1) is 11.0. The quantitative estimate of drug-likeness (QED) is 0.939. The number of benzene rings is 2. The highest BCUT2D eigenvalue weighted by Crippen LogP contribution is 2.40. The van der Waals surface area contributed by atoms with Gasteiger partial charge in [-0.1, -0.05) is 24.3 Å². The molecule has 0 bridgehead atoms. The summed E-state index contributed by atoms with van der Waals surface area (Å²) in [6.45, 7) is 2.22. The Labute approximate surface area is 134 Å². The van der Waals surface area contributed by atoms with Crippen molar-refractivity contribution in [2.24, 2.45) is 0 Å². The van der Waals surface area contributed by atoms with Crippen molar-refractivity contribution in [2.45, 2.75) is 19.4 Å². The topological polar surface area (TPSA) is 49.8 Å². The summed E-state index contributed by atoms with van der Waals surface area (Å²) in [5.74, 6) is 0.349. The normalized spacial score (nSPS) is 15.9. The molecule has 23 heavy (non-hydrogen) atoms. The van der Waals surface area contributed by atoms with Crippen LogP contribution in [0.25, 0.3) is 11.1 Å². The molecule has 2 aromatic carbocycles. The van der Waals surface area contributed by atoms with E-state index < -0.39 is 6.09 Å². The van der Waals surface area contributed by atoms with Crippen molar-refractivity contribution in [1.29, 1.82) is 0 Å². The maximum absolute atomic E-state index is 14.0.